The van der Waals surface area contributed by atoms with Gasteiger partial charge in [-0.25, -0.2) is 4.68 Å². The molecule has 0 aliphatic heterocycles. The molecule has 2 heterocycles. The highest BCUT2D eigenvalue weighted by atomic mass is 19.4. The molecule has 1 N–H and O–H groups in total. The summed E-state index contributed by atoms with van der Waals surface area (Å²) >= 11 is 0. The Kier molecular flexibility index (Phi) is 6.04. The summed E-state index contributed by atoms with van der Waals surface area (Å²) in [7, 11) is 1.51. The van der Waals surface area contributed by atoms with E-state index in [1.807, 2.05) is 31.2 Å². The van der Waals surface area contributed by atoms with Gasteiger partial charge in [-0.15, -0.1) is 0 Å². The van der Waals surface area contributed by atoms with Crippen LogP contribution in [0, 0.1) is 6.92 Å². The van der Waals surface area contributed by atoms with Gasteiger partial charge in [0.05, 0.1) is 10.9 Å². The van der Waals surface area contributed by atoms with Crippen LogP contribution in [0.1, 0.15) is 16.7 Å². The highest BCUT2D eigenvalue weighted by Crippen LogP contribution is 2.40. The molecule has 4 aromatic rings. The Morgan fingerprint density at radius 1 is 1.09 bits per heavy atom. The fourth-order valence-electron chi connectivity index (χ4n) is 3.42. The molecule has 2 aromatic heterocycles. The Morgan fingerprint density at radius 2 is 1.79 bits per heavy atom. The second-order valence-electron chi connectivity index (χ2n) is 7.59. The largest absolute Gasteiger partial charge is 0.467 e. The molecule has 1 amide bonds. The lowest BCUT2D eigenvalue weighted by Gasteiger charge is -2.12. The van der Waals surface area contributed by atoms with Crippen molar-refractivity contribution >= 4 is 16.9 Å². The summed E-state index contributed by atoms with van der Waals surface area (Å²) in [5.41, 5.74) is 1.81. The number of alkyl halides is 3. The number of rotatable bonds is 6. The van der Waals surface area contributed by atoms with Crippen molar-refractivity contribution in [3.63, 3.8) is 0 Å². The van der Waals surface area contributed by atoms with E-state index in [9.17, 15) is 18.0 Å². The number of nitrogens with zero attached hydrogens (tertiary/aromatic N) is 3. The topological polar surface area (TPSA) is 69.0 Å². The molecule has 0 radical (unpaired) electrons. The van der Waals surface area contributed by atoms with Crippen molar-refractivity contribution in [3.05, 3.63) is 77.4 Å². The first-order chi connectivity index (χ1) is 15.7. The van der Waals surface area contributed by atoms with Crippen LogP contribution in [-0.2, 0) is 24.6 Å². The fourth-order valence-corrected chi connectivity index (χ4v) is 3.42. The number of halogens is 3. The van der Waals surface area contributed by atoms with E-state index >= 15 is 0 Å². The van der Waals surface area contributed by atoms with Crippen LogP contribution in [0.3, 0.4) is 0 Å². The smallest absolute Gasteiger partial charge is 0.417 e. The molecule has 0 unspecified atom stereocenters. The molecular weight excluding hydrogens is 433 g/mol. The third-order valence-electron chi connectivity index (χ3n) is 5.08. The quantitative estimate of drug-likeness (QED) is 0.460. The maximum Gasteiger partial charge on any atom is 0.417 e. The van der Waals surface area contributed by atoms with E-state index in [0.717, 1.165) is 17.2 Å². The normalized spacial score (nSPS) is 11.5. The van der Waals surface area contributed by atoms with Gasteiger partial charge in [0, 0.05) is 25.2 Å². The highest BCUT2D eigenvalue weighted by Gasteiger charge is 2.36. The van der Waals surface area contributed by atoms with E-state index in [1.54, 1.807) is 30.3 Å². The minimum absolute atomic E-state index is 0.0127. The predicted molar refractivity (Wildman–Crippen MR) is 117 cm³/mol. The second kappa shape index (κ2) is 8.93. The number of amides is 1. The Hall–Kier alpha value is -3.88. The molecule has 0 atom stereocenters. The fraction of sp³-hybridized carbons (Fsp3) is 0.208. The molecule has 0 saturated carbocycles. The van der Waals surface area contributed by atoms with Gasteiger partial charge in [0.2, 0.25) is 5.88 Å². The number of carbonyl (C=O) groups excluding carboxylic acids is 1. The molecule has 170 valence electrons. The molecule has 9 heteroatoms. The number of pyridine rings is 1. The summed E-state index contributed by atoms with van der Waals surface area (Å²) in [5.74, 6) is -0.774. The van der Waals surface area contributed by atoms with Crippen LogP contribution in [0.25, 0.3) is 22.3 Å². The third-order valence-corrected chi connectivity index (χ3v) is 5.08. The van der Waals surface area contributed by atoms with Gasteiger partial charge < -0.3 is 10.1 Å². The average Bonchev–Trinajstić information content (AvgIpc) is 3.13. The summed E-state index contributed by atoms with van der Waals surface area (Å²) in [6, 6.07) is 17.0. The standard InChI is InChI=1S/C24H21F3N4O2/c1-15-8-10-16(11-9-15)13-28-19(32)14-33-20-12-18(24(25,26)27)21-22(17-6-4-3-5-7-17)30-31(2)23(21)29-20/h3-12H,13-14H2,1-2H3,(H,28,32). The number of hydrogen-bond acceptors (Lipinski definition) is 4. The molecule has 33 heavy (non-hydrogen) atoms. The van der Waals surface area contributed by atoms with E-state index < -0.39 is 24.3 Å². The van der Waals surface area contributed by atoms with Crippen LogP contribution in [0.15, 0.2) is 60.7 Å². The summed E-state index contributed by atoms with van der Waals surface area (Å²) in [5, 5.41) is 6.82. The number of nitrogens with one attached hydrogen (secondary N) is 1. The van der Waals surface area contributed by atoms with Gasteiger partial charge in [-0.1, -0.05) is 60.2 Å². The van der Waals surface area contributed by atoms with Crippen molar-refractivity contribution in [3.8, 4) is 17.1 Å². The van der Waals surface area contributed by atoms with Crippen LogP contribution in [0.5, 0.6) is 5.88 Å². The SMILES string of the molecule is Cc1ccc(CNC(=O)COc2cc(C(F)(F)F)c3c(-c4ccccc4)nn(C)c3n2)cc1. The molecule has 0 aliphatic carbocycles. The van der Waals surface area contributed by atoms with E-state index in [0.29, 0.717) is 5.56 Å². The zero-order chi connectivity index (χ0) is 23.6. The molecular formula is C24H21F3N4O2. The van der Waals surface area contributed by atoms with Gasteiger partial charge >= 0.3 is 6.18 Å². The van der Waals surface area contributed by atoms with Crippen LogP contribution >= 0.6 is 0 Å². The van der Waals surface area contributed by atoms with E-state index in [-0.39, 0.29) is 29.2 Å². The molecule has 0 fully saturated rings. The summed E-state index contributed by atoms with van der Waals surface area (Å²) in [6.45, 7) is 1.77. The van der Waals surface area contributed by atoms with Crippen molar-refractivity contribution < 1.29 is 22.7 Å². The first-order valence-electron chi connectivity index (χ1n) is 10.2. The summed E-state index contributed by atoms with van der Waals surface area (Å²) < 4.78 is 48.4. The van der Waals surface area contributed by atoms with E-state index in [2.05, 4.69) is 15.4 Å². The first kappa shape index (κ1) is 22.3. The zero-order valence-electron chi connectivity index (χ0n) is 18.0. The Balaban J connectivity index is 1.58. The van der Waals surface area contributed by atoms with Gasteiger partial charge in [0.15, 0.2) is 12.3 Å². The minimum Gasteiger partial charge on any atom is -0.467 e. The number of hydrogen-bond donors (Lipinski definition) is 1. The van der Waals surface area contributed by atoms with E-state index in [4.69, 9.17) is 4.74 Å². The van der Waals surface area contributed by atoms with Gasteiger partial charge in [0.1, 0.15) is 5.69 Å². The predicted octanol–water partition coefficient (Wildman–Crippen LogP) is 4.66. The molecule has 4 rings (SSSR count). The van der Waals surface area contributed by atoms with Gasteiger partial charge in [-0.05, 0) is 12.5 Å². The van der Waals surface area contributed by atoms with E-state index in [1.165, 1.54) is 11.7 Å². The third kappa shape index (κ3) is 4.97. The molecule has 0 bridgehead atoms. The number of ether oxygens (including phenoxy) is 1. The van der Waals surface area contributed by atoms with Crippen molar-refractivity contribution in [2.24, 2.45) is 7.05 Å². The zero-order valence-corrected chi connectivity index (χ0v) is 18.0. The molecule has 0 saturated heterocycles. The van der Waals surface area contributed by atoms with Crippen LogP contribution in [0.4, 0.5) is 13.2 Å². The van der Waals surface area contributed by atoms with Crippen molar-refractivity contribution in [1.29, 1.82) is 0 Å². The number of benzene rings is 2. The van der Waals surface area contributed by atoms with Crippen molar-refractivity contribution in [1.82, 2.24) is 20.1 Å². The Bertz CT molecular complexity index is 1280. The van der Waals surface area contributed by atoms with Crippen LogP contribution in [0.2, 0.25) is 0 Å². The van der Waals surface area contributed by atoms with Crippen molar-refractivity contribution in [2.45, 2.75) is 19.6 Å². The van der Waals surface area contributed by atoms with Gasteiger partial charge in [-0.3, -0.25) is 4.79 Å². The lowest BCUT2D eigenvalue weighted by molar-refractivity contribution is -0.136. The minimum atomic E-state index is -4.67. The first-order valence-corrected chi connectivity index (χ1v) is 10.2. The molecule has 2 aromatic carbocycles. The second-order valence-corrected chi connectivity index (χ2v) is 7.59. The van der Waals surface area contributed by atoms with Gasteiger partial charge in [-0.2, -0.15) is 23.3 Å². The van der Waals surface area contributed by atoms with Crippen LogP contribution in [-0.4, -0.2) is 27.3 Å². The average molecular weight is 454 g/mol. The summed E-state index contributed by atoms with van der Waals surface area (Å²) in [6.07, 6.45) is -4.67. The monoisotopic (exact) mass is 454 g/mol. The number of aromatic nitrogens is 3. The lowest BCUT2D eigenvalue weighted by atomic mass is 10.0. The highest BCUT2D eigenvalue weighted by molar-refractivity contribution is 5.94. The number of aryl methyl sites for hydroxylation is 2. The molecule has 0 aliphatic rings. The number of fused-ring (bicyclic) bond motifs is 1. The summed E-state index contributed by atoms with van der Waals surface area (Å²) in [4.78, 5) is 16.3. The van der Waals surface area contributed by atoms with Gasteiger partial charge in [0.25, 0.3) is 5.91 Å². The lowest BCUT2D eigenvalue weighted by Crippen LogP contribution is -2.28. The number of carbonyl (C=O) groups is 1. The Labute approximate surface area is 188 Å². The molecule has 6 nitrogen and oxygen atoms in total. The van der Waals surface area contributed by atoms with Crippen LogP contribution < -0.4 is 10.1 Å². The maximum atomic E-state index is 13.9. The molecule has 0 spiro atoms. The van der Waals surface area contributed by atoms with Crippen molar-refractivity contribution in [2.75, 3.05) is 6.61 Å². The maximum absolute atomic E-state index is 13.9. The Morgan fingerprint density at radius 3 is 2.45 bits per heavy atom.